The molecule has 0 aliphatic carbocycles. The van der Waals surface area contributed by atoms with Gasteiger partial charge in [0, 0.05) is 13.1 Å². The van der Waals surface area contributed by atoms with Crippen molar-refractivity contribution in [2.45, 2.75) is 26.8 Å². The Morgan fingerprint density at radius 3 is 2.00 bits per heavy atom. The van der Waals surface area contributed by atoms with Crippen molar-refractivity contribution in [1.82, 2.24) is 4.90 Å². The van der Waals surface area contributed by atoms with E-state index in [0.29, 0.717) is 0 Å². The van der Waals surface area contributed by atoms with Crippen LogP contribution in [-0.2, 0) is 4.79 Å². The molecule has 0 amide bonds. The molecule has 78 valence electrons. The summed E-state index contributed by atoms with van der Waals surface area (Å²) in [6.45, 7) is 4.13. The van der Waals surface area contributed by atoms with E-state index < -0.39 is 18.0 Å². The van der Waals surface area contributed by atoms with Gasteiger partial charge in [-0.3, -0.25) is 4.79 Å². The summed E-state index contributed by atoms with van der Waals surface area (Å²) in [5.41, 5.74) is 0. The van der Waals surface area contributed by atoms with E-state index in [1.165, 1.54) is 13.8 Å². The minimum Gasteiger partial charge on any atom is -0.261 e. The number of halogens is 3. The third-order valence-electron chi connectivity index (χ3n) is 2.05. The lowest BCUT2D eigenvalue weighted by atomic mass is 10.1. The predicted octanol–water partition coefficient (Wildman–Crippen LogP) is 2.05. The van der Waals surface area contributed by atoms with E-state index in [1.54, 1.807) is 0 Å². The van der Waals surface area contributed by atoms with Crippen LogP contribution in [0.3, 0.4) is 0 Å². The zero-order chi connectivity index (χ0) is 10.6. The fourth-order valence-electron chi connectivity index (χ4n) is 1.06. The van der Waals surface area contributed by atoms with Crippen LogP contribution in [0.1, 0.15) is 20.8 Å². The van der Waals surface area contributed by atoms with Crippen LogP contribution in [0.15, 0.2) is 0 Å². The second kappa shape index (κ2) is 4.60. The standard InChI is InChI=1S/C8H14F3NO/c1-4-12(5-2)8(10,11)6(3)7(9)13/h6H,4-5H2,1-3H3. The third kappa shape index (κ3) is 2.69. The zero-order valence-electron chi connectivity index (χ0n) is 7.98. The Morgan fingerprint density at radius 1 is 1.38 bits per heavy atom. The van der Waals surface area contributed by atoms with Crippen molar-refractivity contribution in [3.05, 3.63) is 0 Å². The fourth-order valence-corrected chi connectivity index (χ4v) is 1.06. The first kappa shape index (κ1) is 12.4. The summed E-state index contributed by atoms with van der Waals surface area (Å²) in [4.78, 5) is 10.9. The molecule has 1 unspecified atom stereocenters. The summed E-state index contributed by atoms with van der Waals surface area (Å²) >= 11 is 0. The molecule has 0 aromatic rings. The molecule has 0 saturated heterocycles. The Morgan fingerprint density at radius 2 is 1.77 bits per heavy atom. The topological polar surface area (TPSA) is 20.3 Å². The van der Waals surface area contributed by atoms with Gasteiger partial charge in [-0.25, -0.2) is 4.90 Å². The maximum Gasteiger partial charge on any atom is 0.317 e. The van der Waals surface area contributed by atoms with Crippen LogP contribution < -0.4 is 0 Å². The summed E-state index contributed by atoms with van der Waals surface area (Å²) in [6, 6.07) is -5.37. The first-order valence-electron chi connectivity index (χ1n) is 4.20. The van der Waals surface area contributed by atoms with E-state index >= 15 is 0 Å². The number of nitrogens with zero attached hydrogens (tertiary/aromatic N) is 1. The molecule has 0 radical (unpaired) electrons. The predicted molar refractivity (Wildman–Crippen MR) is 43.1 cm³/mol. The SMILES string of the molecule is CCN(CC)C(F)(F)C(C)C(=O)F. The van der Waals surface area contributed by atoms with Gasteiger partial charge in [-0.05, 0) is 6.92 Å². The van der Waals surface area contributed by atoms with Crippen LogP contribution >= 0.6 is 0 Å². The highest BCUT2D eigenvalue weighted by atomic mass is 19.3. The van der Waals surface area contributed by atoms with Crippen molar-refractivity contribution in [2.24, 2.45) is 5.92 Å². The number of carbonyl (C=O) groups is 1. The van der Waals surface area contributed by atoms with E-state index in [9.17, 15) is 18.0 Å². The van der Waals surface area contributed by atoms with Crippen molar-refractivity contribution in [3.63, 3.8) is 0 Å². The molecule has 0 aliphatic rings. The summed E-state index contributed by atoms with van der Waals surface area (Å²) in [7, 11) is 0. The average molecular weight is 197 g/mol. The third-order valence-corrected chi connectivity index (χ3v) is 2.05. The van der Waals surface area contributed by atoms with Crippen molar-refractivity contribution >= 4 is 6.04 Å². The van der Waals surface area contributed by atoms with E-state index in [1.807, 2.05) is 0 Å². The monoisotopic (exact) mass is 197 g/mol. The zero-order valence-corrected chi connectivity index (χ0v) is 7.98. The van der Waals surface area contributed by atoms with Crippen molar-refractivity contribution < 1.29 is 18.0 Å². The lowest BCUT2D eigenvalue weighted by Crippen LogP contribution is -2.48. The van der Waals surface area contributed by atoms with Crippen LogP contribution in [0.2, 0.25) is 0 Å². The lowest BCUT2D eigenvalue weighted by molar-refractivity contribution is -0.190. The van der Waals surface area contributed by atoms with E-state index in [-0.39, 0.29) is 13.1 Å². The van der Waals surface area contributed by atoms with Gasteiger partial charge < -0.3 is 0 Å². The van der Waals surface area contributed by atoms with Crippen molar-refractivity contribution in [1.29, 1.82) is 0 Å². The number of hydrogen-bond acceptors (Lipinski definition) is 2. The summed E-state index contributed by atoms with van der Waals surface area (Å²) in [5.74, 6) is -1.90. The first-order valence-corrected chi connectivity index (χ1v) is 4.20. The lowest BCUT2D eigenvalue weighted by Gasteiger charge is -2.31. The van der Waals surface area contributed by atoms with Gasteiger partial charge in [0.2, 0.25) is 0 Å². The second-order valence-electron chi connectivity index (χ2n) is 2.79. The molecule has 0 aromatic carbocycles. The van der Waals surface area contributed by atoms with Crippen LogP contribution in [0, 0.1) is 5.92 Å². The summed E-state index contributed by atoms with van der Waals surface area (Å²) < 4.78 is 38.5. The van der Waals surface area contributed by atoms with Crippen molar-refractivity contribution in [2.75, 3.05) is 13.1 Å². The highest BCUT2D eigenvalue weighted by molar-refractivity contribution is 5.71. The normalized spacial score (nSPS) is 14.7. The molecule has 0 saturated carbocycles. The molecular weight excluding hydrogens is 183 g/mol. The molecule has 0 heterocycles. The summed E-state index contributed by atoms with van der Waals surface area (Å²) in [5, 5.41) is 0. The van der Waals surface area contributed by atoms with E-state index in [4.69, 9.17) is 0 Å². The molecule has 0 spiro atoms. The number of hydrogen-bond donors (Lipinski definition) is 0. The van der Waals surface area contributed by atoms with Gasteiger partial charge >= 0.3 is 12.1 Å². The molecular formula is C8H14F3NO. The smallest absolute Gasteiger partial charge is 0.261 e. The molecule has 0 fully saturated rings. The van der Waals surface area contributed by atoms with Gasteiger partial charge in [0.15, 0.2) is 0 Å². The van der Waals surface area contributed by atoms with Gasteiger partial charge in [-0.1, -0.05) is 13.8 Å². The molecule has 0 bridgehead atoms. The maximum atomic E-state index is 13.2. The second-order valence-corrected chi connectivity index (χ2v) is 2.79. The maximum absolute atomic E-state index is 13.2. The molecule has 1 atom stereocenters. The fraction of sp³-hybridized carbons (Fsp3) is 0.875. The van der Waals surface area contributed by atoms with Gasteiger partial charge in [0.05, 0.1) is 0 Å². The van der Waals surface area contributed by atoms with Crippen LogP contribution in [-0.4, -0.2) is 30.1 Å². The van der Waals surface area contributed by atoms with Gasteiger partial charge in [0.1, 0.15) is 5.92 Å². The Balaban J connectivity index is 4.60. The molecule has 13 heavy (non-hydrogen) atoms. The minimum atomic E-state index is -3.39. The molecule has 0 N–H and O–H groups in total. The number of carbonyl (C=O) groups excluding carboxylic acids is 1. The molecule has 0 aromatic heterocycles. The van der Waals surface area contributed by atoms with Gasteiger partial charge in [-0.15, -0.1) is 0 Å². The molecule has 0 aliphatic heterocycles. The first-order chi connectivity index (χ1) is 5.87. The number of alkyl halides is 2. The molecule has 0 rings (SSSR count). The Kier molecular flexibility index (Phi) is 4.39. The van der Waals surface area contributed by atoms with Gasteiger partial charge in [0.25, 0.3) is 0 Å². The average Bonchev–Trinajstić information content (AvgIpc) is 2.04. The minimum absolute atomic E-state index is 0.0844. The van der Waals surface area contributed by atoms with Gasteiger partial charge in [-0.2, -0.15) is 13.2 Å². The highest BCUT2D eigenvalue weighted by Gasteiger charge is 2.45. The molecule has 5 heteroatoms. The van der Waals surface area contributed by atoms with Crippen molar-refractivity contribution in [3.8, 4) is 0 Å². The van der Waals surface area contributed by atoms with E-state index in [2.05, 4.69) is 0 Å². The largest absolute Gasteiger partial charge is 0.317 e. The van der Waals surface area contributed by atoms with Crippen LogP contribution in [0.25, 0.3) is 0 Å². The van der Waals surface area contributed by atoms with E-state index in [0.717, 1.165) is 11.8 Å². The Bertz CT molecular complexity index is 180. The quantitative estimate of drug-likeness (QED) is 0.496. The summed E-state index contributed by atoms with van der Waals surface area (Å²) in [6.07, 6.45) is 0. The van der Waals surface area contributed by atoms with Crippen LogP contribution in [0.5, 0.6) is 0 Å². The molecule has 2 nitrogen and oxygen atoms in total. The highest BCUT2D eigenvalue weighted by Crippen LogP contribution is 2.29. The Hall–Kier alpha value is -0.580. The number of rotatable bonds is 5. The Labute approximate surface area is 75.7 Å². The van der Waals surface area contributed by atoms with Crippen LogP contribution in [0.4, 0.5) is 13.2 Å².